The lowest BCUT2D eigenvalue weighted by atomic mass is 10.1. The molecule has 0 spiro atoms. The number of esters is 1. The Balaban J connectivity index is 1.75. The Morgan fingerprint density at radius 2 is 1.77 bits per heavy atom. The SMILES string of the molecule is CCC(=O)OCCCCCCCOc1cc(=O)oc2c(OC)cccc12. The zero-order valence-corrected chi connectivity index (χ0v) is 15.4. The zero-order chi connectivity index (χ0) is 18.8. The molecule has 0 aliphatic heterocycles. The Bertz CT molecular complexity index is 764. The van der Waals surface area contributed by atoms with Gasteiger partial charge >= 0.3 is 11.6 Å². The third kappa shape index (κ3) is 5.79. The molecule has 1 aromatic carbocycles. The summed E-state index contributed by atoms with van der Waals surface area (Å²) in [4.78, 5) is 22.7. The van der Waals surface area contributed by atoms with Crippen molar-refractivity contribution in [3.8, 4) is 11.5 Å². The molecular formula is C20H26O6. The van der Waals surface area contributed by atoms with Crippen molar-refractivity contribution in [1.82, 2.24) is 0 Å². The van der Waals surface area contributed by atoms with E-state index in [4.69, 9.17) is 18.6 Å². The maximum Gasteiger partial charge on any atom is 0.340 e. The Morgan fingerprint density at radius 3 is 2.50 bits per heavy atom. The van der Waals surface area contributed by atoms with E-state index in [2.05, 4.69) is 0 Å². The number of unbranched alkanes of at least 4 members (excludes halogenated alkanes) is 4. The van der Waals surface area contributed by atoms with Crippen molar-refractivity contribution in [3.63, 3.8) is 0 Å². The Morgan fingerprint density at radius 1 is 1.04 bits per heavy atom. The molecule has 6 heteroatoms. The molecule has 0 amide bonds. The standard InChI is InChI=1S/C20H26O6/c1-3-18(21)25-13-8-6-4-5-7-12-24-17-14-19(22)26-20-15(17)10-9-11-16(20)23-2/h9-11,14H,3-8,12-13H2,1-2H3. The number of benzene rings is 1. The molecule has 1 aromatic heterocycles. The average molecular weight is 362 g/mol. The fourth-order valence-electron chi connectivity index (χ4n) is 2.61. The number of methoxy groups -OCH3 is 1. The maximum absolute atomic E-state index is 11.7. The summed E-state index contributed by atoms with van der Waals surface area (Å²) in [6, 6.07) is 6.78. The summed E-state index contributed by atoms with van der Waals surface area (Å²) in [7, 11) is 1.53. The summed E-state index contributed by atoms with van der Waals surface area (Å²) in [5.41, 5.74) is -0.0576. The van der Waals surface area contributed by atoms with Gasteiger partial charge in [0.05, 0.1) is 31.8 Å². The molecule has 1 heterocycles. The molecule has 6 nitrogen and oxygen atoms in total. The van der Waals surface area contributed by atoms with Gasteiger partial charge in [-0.15, -0.1) is 0 Å². The normalized spacial score (nSPS) is 10.7. The van der Waals surface area contributed by atoms with Crippen LogP contribution in [0, 0.1) is 0 Å². The van der Waals surface area contributed by atoms with Crippen LogP contribution in [0.1, 0.15) is 45.4 Å². The van der Waals surface area contributed by atoms with Crippen LogP contribution in [0.5, 0.6) is 11.5 Å². The van der Waals surface area contributed by atoms with Gasteiger partial charge in [-0.05, 0) is 25.0 Å². The van der Waals surface area contributed by atoms with Crippen molar-refractivity contribution in [2.45, 2.75) is 45.4 Å². The van der Waals surface area contributed by atoms with Gasteiger partial charge in [-0.25, -0.2) is 4.79 Å². The van der Waals surface area contributed by atoms with Gasteiger partial charge in [-0.2, -0.15) is 0 Å². The molecule has 0 unspecified atom stereocenters. The topological polar surface area (TPSA) is 75.0 Å². The fraction of sp³-hybridized carbons (Fsp3) is 0.500. The molecule has 0 aliphatic rings. The van der Waals surface area contributed by atoms with Crippen LogP contribution in [-0.4, -0.2) is 26.3 Å². The first kappa shape index (κ1) is 19.8. The summed E-state index contributed by atoms with van der Waals surface area (Å²) >= 11 is 0. The quantitative estimate of drug-likeness (QED) is 0.341. The maximum atomic E-state index is 11.7. The van der Waals surface area contributed by atoms with Crippen molar-refractivity contribution >= 4 is 16.9 Å². The number of rotatable bonds is 11. The summed E-state index contributed by atoms with van der Waals surface area (Å²) in [5, 5.41) is 0.724. The van der Waals surface area contributed by atoms with Gasteiger partial charge in [-0.1, -0.05) is 32.3 Å². The molecule has 0 atom stereocenters. The number of carbonyl (C=O) groups is 1. The van der Waals surface area contributed by atoms with E-state index in [1.807, 2.05) is 12.1 Å². The monoisotopic (exact) mass is 362 g/mol. The van der Waals surface area contributed by atoms with Gasteiger partial charge in [0.25, 0.3) is 0 Å². The largest absolute Gasteiger partial charge is 0.493 e. The van der Waals surface area contributed by atoms with E-state index >= 15 is 0 Å². The summed E-state index contributed by atoms with van der Waals surface area (Å²) < 4.78 is 21.3. The molecule has 2 rings (SSSR count). The lowest BCUT2D eigenvalue weighted by molar-refractivity contribution is -0.143. The molecule has 0 saturated carbocycles. The molecule has 0 fully saturated rings. The van der Waals surface area contributed by atoms with Gasteiger partial charge in [0, 0.05) is 6.42 Å². The van der Waals surface area contributed by atoms with Crippen LogP contribution >= 0.6 is 0 Å². The lowest BCUT2D eigenvalue weighted by Gasteiger charge is -2.10. The van der Waals surface area contributed by atoms with E-state index in [0.717, 1.165) is 37.5 Å². The highest BCUT2D eigenvalue weighted by atomic mass is 16.5. The average Bonchev–Trinajstić information content (AvgIpc) is 2.65. The van der Waals surface area contributed by atoms with Gasteiger partial charge in [0.1, 0.15) is 5.75 Å². The van der Waals surface area contributed by atoms with Crippen LogP contribution in [-0.2, 0) is 9.53 Å². The lowest BCUT2D eigenvalue weighted by Crippen LogP contribution is -2.04. The first-order valence-corrected chi connectivity index (χ1v) is 9.05. The molecule has 0 bridgehead atoms. The summed E-state index contributed by atoms with van der Waals surface area (Å²) in [6.07, 6.45) is 5.29. The zero-order valence-electron chi connectivity index (χ0n) is 15.4. The minimum absolute atomic E-state index is 0.144. The second kappa shape index (κ2) is 10.5. The van der Waals surface area contributed by atoms with Crippen molar-refractivity contribution < 1.29 is 23.4 Å². The van der Waals surface area contributed by atoms with Gasteiger partial charge in [0.15, 0.2) is 11.3 Å². The number of carbonyl (C=O) groups excluding carboxylic acids is 1. The predicted molar refractivity (Wildman–Crippen MR) is 98.9 cm³/mol. The number of para-hydroxylation sites is 1. The van der Waals surface area contributed by atoms with E-state index in [1.165, 1.54) is 13.2 Å². The van der Waals surface area contributed by atoms with Crippen LogP contribution in [0.15, 0.2) is 33.5 Å². The Hall–Kier alpha value is -2.50. The fourth-order valence-corrected chi connectivity index (χ4v) is 2.61. The van der Waals surface area contributed by atoms with Crippen LogP contribution in [0.2, 0.25) is 0 Å². The third-order valence-corrected chi connectivity index (χ3v) is 4.01. The predicted octanol–water partition coefficient (Wildman–Crippen LogP) is 4.08. The number of ether oxygens (including phenoxy) is 3. The van der Waals surface area contributed by atoms with Gasteiger partial charge in [0.2, 0.25) is 0 Å². The van der Waals surface area contributed by atoms with Crippen molar-refractivity contribution in [1.29, 1.82) is 0 Å². The third-order valence-electron chi connectivity index (χ3n) is 4.01. The second-order valence-corrected chi connectivity index (χ2v) is 5.96. The highest BCUT2D eigenvalue weighted by Crippen LogP contribution is 2.30. The minimum Gasteiger partial charge on any atom is -0.493 e. The Labute approximate surface area is 153 Å². The molecule has 0 N–H and O–H groups in total. The molecule has 142 valence electrons. The summed E-state index contributed by atoms with van der Waals surface area (Å²) in [5.74, 6) is 0.880. The molecule has 0 radical (unpaired) electrons. The van der Waals surface area contributed by atoms with E-state index in [-0.39, 0.29) is 5.97 Å². The van der Waals surface area contributed by atoms with Crippen molar-refractivity contribution in [2.24, 2.45) is 0 Å². The van der Waals surface area contributed by atoms with Crippen molar-refractivity contribution in [3.05, 3.63) is 34.7 Å². The molecular weight excluding hydrogens is 336 g/mol. The Kier molecular flexibility index (Phi) is 7.99. The second-order valence-electron chi connectivity index (χ2n) is 5.96. The first-order chi connectivity index (χ1) is 12.7. The number of fused-ring (bicyclic) bond motifs is 1. The van der Waals surface area contributed by atoms with E-state index < -0.39 is 5.63 Å². The van der Waals surface area contributed by atoms with Crippen LogP contribution in [0.25, 0.3) is 11.0 Å². The van der Waals surface area contributed by atoms with Crippen LogP contribution < -0.4 is 15.1 Å². The summed E-state index contributed by atoms with van der Waals surface area (Å²) in [6.45, 7) is 2.82. The van der Waals surface area contributed by atoms with Crippen molar-refractivity contribution in [2.75, 3.05) is 20.3 Å². The highest BCUT2D eigenvalue weighted by Gasteiger charge is 2.10. The first-order valence-electron chi connectivity index (χ1n) is 9.05. The highest BCUT2D eigenvalue weighted by molar-refractivity contribution is 5.87. The molecule has 26 heavy (non-hydrogen) atoms. The molecule has 0 aliphatic carbocycles. The van der Waals surface area contributed by atoms with Gasteiger partial charge < -0.3 is 18.6 Å². The number of hydrogen-bond acceptors (Lipinski definition) is 6. The molecule has 2 aromatic rings. The number of hydrogen-bond donors (Lipinski definition) is 0. The smallest absolute Gasteiger partial charge is 0.340 e. The van der Waals surface area contributed by atoms with Gasteiger partial charge in [-0.3, -0.25) is 4.79 Å². The van der Waals surface area contributed by atoms with Crippen LogP contribution in [0.3, 0.4) is 0 Å². The van der Waals surface area contributed by atoms with E-state index in [9.17, 15) is 9.59 Å². The molecule has 0 saturated heterocycles. The van der Waals surface area contributed by atoms with E-state index in [1.54, 1.807) is 13.0 Å². The van der Waals surface area contributed by atoms with E-state index in [0.29, 0.717) is 36.7 Å². The van der Waals surface area contributed by atoms with Crippen LogP contribution in [0.4, 0.5) is 0 Å². The minimum atomic E-state index is -0.460.